The highest BCUT2D eigenvalue weighted by atomic mass is 16.5. The van der Waals surface area contributed by atoms with Crippen molar-refractivity contribution in [3.63, 3.8) is 0 Å². The molecular weight excluding hydrogens is 254 g/mol. The number of aliphatic hydroxyl groups is 1. The highest BCUT2D eigenvalue weighted by Gasteiger charge is 2.07. The molecule has 0 amide bonds. The molecule has 2 N–H and O–H groups in total. The molecule has 0 saturated carbocycles. The summed E-state index contributed by atoms with van der Waals surface area (Å²) in [7, 11) is 1.56. The van der Waals surface area contributed by atoms with Gasteiger partial charge in [-0.05, 0) is 23.8 Å². The lowest BCUT2D eigenvalue weighted by molar-refractivity contribution is 0.269. The number of nitrogens with zero attached hydrogens (tertiary/aromatic N) is 1. The summed E-state index contributed by atoms with van der Waals surface area (Å²) in [5.74, 6) is 0.767. The van der Waals surface area contributed by atoms with Gasteiger partial charge in [0, 0.05) is 11.8 Å². The molecule has 0 aliphatic carbocycles. The standard InChI is InChI=1S/C16H17NO3/c1-20-14-7-8-16(19)13(9-14)10-17-15(11-18)12-5-3-2-4-6-12/h2-10,15,18-19H,11H2,1H3. The van der Waals surface area contributed by atoms with Crippen LogP contribution in [0.3, 0.4) is 0 Å². The lowest BCUT2D eigenvalue weighted by Crippen LogP contribution is -2.01. The number of hydrogen-bond acceptors (Lipinski definition) is 4. The van der Waals surface area contributed by atoms with Gasteiger partial charge in [-0.25, -0.2) is 0 Å². The highest BCUT2D eigenvalue weighted by molar-refractivity contribution is 5.84. The molecule has 1 unspecified atom stereocenters. The van der Waals surface area contributed by atoms with Gasteiger partial charge in [0.25, 0.3) is 0 Å². The van der Waals surface area contributed by atoms with E-state index in [2.05, 4.69) is 4.99 Å². The molecule has 0 heterocycles. The molecule has 0 aromatic heterocycles. The second kappa shape index (κ2) is 6.73. The van der Waals surface area contributed by atoms with Gasteiger partial charge in [-0.15, -0.1) is 0 Å². The predicted molar refractivity (Wildman–Crippen MR) is 78.5 cm³/mol. The zero-order valence-electron chi connectivity index (χ0n) is 11.2. The number of benzene rings is 2. The molecule has 2 rings (SSSR count). The summed E-state index contributed by atoms with van der Waals surface area (Å²) >= 11 is 0. The minimum absolute atomic E-state index is 0.0920. The zero-order valence-corrected chi connectivity index (χ0v) is 11.2. The van der Waals surface area contributed by atoms with Crippen LogP contribution in [0.1, 0.15) is 17.2 Å². The molecule has 104 valence electrons. The van der Waals surface area contributed by atoms with Crippen molar-refractivity contribution in [3.8, 4) is 11.5 Å². The van der Waals surface area contributed by atoms with Gasteiger partial charge in [0.1, 0.15) is 11.5 Å². The Morgan fingerprint density at radius 2 is 1.95 bits per heavy atom. The molecule has 2 aromatic rings. The molecule has 2 aromatic carbocycles. The lowest BCUT2D eigenvalue weighted by atomic mass is 10.1. The average Bonchev–Trinajstić information content (AvgIpc) is 2.50. The van der Waals surface area contributed by atoms with Crippen LogP contribution in [-0.2, 0) is 0 Å². The van der Waals surface area contributed by atoms with Gasteiger partial charge >= 0.3 is 0 Å². The molecule has 0 spiro atoms. The van der Waals surface area contributed by atoms with Crippen LogP contribution in [0.2, 0.25) is 0 Å². The van der Waals surface area contributed by atoms with Crippen molar-refractivity contribution in [2.45, 2.75) is 6.04 Å². The van der Waals surface area contributed by atoms with Crippen LogP contribution in [0, 0.1) is 0 Å². The first-order chi connectivity index (χ1) is 9.74. The van der Waals surface area contributed by atoms with Crippen molar-refractivity contribution in [3.05, 3.63) is 59.7 Å². The van der Waals surface area contributed by atoms with Crippen LogP contribution in [0.25, 0.3) is 0 Å². The quantitative estimate of drug-likeness (QED) is 0.821. The Morgan fingerprint density at radius 1 is 1.20 bits per heavy atom. The SMILES string of the molecule is COc1ccc(O)c(C=NC(CO)c2ccccc2)c1. The third kappa shape index (κ3) is 3.36. The number of ether oxygens (including phenoxy) is 1. The molecular formula is C16H17NO3. The van der Waals surface area contributed by atoms with Crippen molar-refractivity contribution in [2.24, 2.45) is 4.99 Å². The normalized spacial score (nSPS) is 12.5. The minimum Gasteiger partial charge on any atom is -0.507 e. The molecule has 0 saturated heterocycles. The van der Waals surface area contributed by atoms with Gasteiger partial charge in [0.15, 0.2) is 0 Å². The molecule has 0 aliphatic rings. The number of aliphatic imine (C=N–C) groups is 1. The van der Waals surface area contributed by atoms with E-state index in [0.717, 1.165) is 5.56 Å². The molecule has 0 fully saturated rings. The molecule has 0 radical (unpaired) electrons. The fourth-order valence-electron chi connectivity index (χ4n) is 1.85. The summed E-state index contributed by atoms with van der Waals surface area (Å²) in [6.07, 6.45) is 1.55. The topological polar surface area (TPSA) is 62.0 Å². The van der Waals surface area contributed by atoms with E-state index in [9.17, 15) is 10.2 Å². The Kier molecular flexibility index (Phi) is 4.74. The monoisotopic (exact) mass is 271 g/mol. The van der Waals surface area contributed by atoms with E-state index in [-0.39, 0.29) is 18.4 Å². The van der Waals surface area contributed by atoms with E-state index in [4.69, 9.17) is 4.74 Å². The lowest BCUT2D eigenvalue weighted by Gasteiger charge is -2.09. The van der Waals surface area contributed by atoms with Gasteiger partial charge in [-0.2, -0.15) is 0 Å². The maximum atomic E-state index is 9.78. The summed E-state index contributed by atoms with van der Waals surface area (Å²) in [6.45, 7) is -0.0920. The summed E-state index contributed by atoms with van der Waals surface area (Å²) in [4.78, 5) is 4.33. The second-order valence-corrected chi connectivity index (χ2v) is 4.31. The summed E-state index contributed by atoms with van der Waals surface area (Å²) in [5.41, 5.74) is 1.48. The third-order valence-corrected chi connectivity index (χ3v) is 2.99. The molecule has 4 heteroatoms. The smallest absolute Gasteiger partial charge is 0.124 e. The Labute approximate surface area is 118 Å². The van der Waals surface area contributed by atoms with Gasteiger partial charge in [-0.1, -0.05) is 30.3 Å². The van der Waals surface area contributed by atoms with Crippen LogP contribution >= 0.6 is 0 Å². The van der Waals surface area contributed by atoms with Crippen molar-refractivity contribution in [1.29, 1.82) is 0 Å². The van der Waals surface area contributed by atoms with Crippen LogP contribution in [0.5, 0.6) is 11.5 Å². The summed E-state index contributed by atoms with van der Waals surface area (Å²) < 4.78 is 5.11. The molecule has 4 nitrogen and oxygen atoms in total. The average molecular weight is 271 g/mol. The van der Waals surface area contributed by atoms with Gasteiger partial charge < -0.3 is 14.9 Å². The van der Waals surface area contributed by atoms with E-state index >= 15 is 0 Å². The first kappa shape index (κ1) is 14.1. The van der Waals surface area contributed by atoms with E-state index < -0.39 is 0 Å². The number of aliphatic hydroxyl groups excluding tert-OH is 1. The number of aromatic hydroxyl groups is 1. The third-order valence-electron chi connectivity index (χ3n) is 2.99. The zero-order chi connectivity index (χ0) is 14.4. The van der Waals surface area contributed by atoms with Gasteiger partial charge in [0.05, 0.1) is 19.8 Å². The van der Waals surface area contributed by atoms with Gasteiger partial charge in [0.2, 0.25) is 0 Å². The maximum absolute atomic E-state index is 9.78. The number of phenolic OH excluding ortho intramolecular Hbond substituents is 1. The Hall–Kier alpha value is -2.33. The van der Waals surface area contributed by atoms with Crippen LogP contribution in [0.15, 0.2) is 53.5 Å². The van der Waals surface area contributed by atoms with E-state index in [1.807, 2.05) is 30.3 Å². The molecule has 0 bridgehead atoms. The van der Waals surface area contributed by atoms with Crippen molar-refractivity contribution >= 4 is 6.21 Å². The van der Waals surface area contributed by atoms with Crippen LogP contribution in [0.4, 0.5) is 0 Å². The minimum atomic E-state index is -0.346. The van der Waals surface area contributed by atoms with Crippen molar-refractivity contribution < 1.29 is 14.9 Å². The van der Waals surface area contributed by atoms with E-state index in [1.165, 1.54) is 0 Å². The van der Waals surface area contributed by atoms with Crippen LogP contribution < -0.4 is 4.74 Å². The first-order valence-corrected chi connectivity index (χ1v) is 6.30. The molecule has 1 atom stereocenters. The molecule has 20 heavy (non-hydrogen) atoms. The maximum Gasteiger partial charge on any atom is 0.124 e. The van der Waals surface area contributed by atoms with E-state index in [1.54, 1.807) is 31.5 Å². The second-order valence-electron chi connectivity index (χ2n) is 4.31. The van der Waals surface area contributed by atoms with E-state index in [0.29, 0.717) is 11.3 Å². The van der Waals surface area contributed by atoms with Crippen molar-refractivity contribution in [1.82, 2.24) is 0 Å². The Bertz CT molecular complexity index is 582. The fourth-order valence-corrected chi connectivity index (χ4v) is 1.85. The predicted octanol–water partition coefficient (Wildman–Crippen LogP) is 2.55. The van der Waals surface area contributed by atoms with Crippen molar-refractivity contribution in [2.75, 3.05) is 13.7 Å². The Balaban J connectivity index is 2.23. The summed E-state index contributed by atoms with van der Waals surface area (Å²) in [5, 5.41) is 19.2. The Morgan fingerprint density at radius 3 is 2.60 bits per heavy atom. The molecule has 0 aliphatic heterocycles. The summed E-state index contributed by atoms with van der Waals surface area (Å²) in [6, 6.07) is 14.1. The highest BCUT2D eigenvalue weighted by Crippen LogP contribution is 2.22. The van der Waals surface area contributed by atoms with Crippen LogP contribution in [-0.4, -0.2) is 30.1 Å². The number of phenols is 1. The number of rotatable bonds is 5. The fraction of sp³-hybridized carbons (Fsp3) is 0.188. The largest absolute Gasteiger partial charge is 0.507 e. The number of hydrogen-bond donors (Lipinski definition) is 2. The number of methoxy groups -OCH3 is 1. The first-order valence-electron chi connectivity index (χ1n) is 6.30. The van der Waals surface area contributed by atoms with Gasteiger partial charge in [-0.3, -0.25) is 4.99 Å².